The Morgan fingerprint density at radius 1 is 1.39 bits per heavy atom. The number of nitro benzene ring substituents is 1. The summed E-state index contributed by atoms with van der Waals surface area (Å²) >= 11 is 0. The van der Waals surface area contributed by atoms with Crippen LogP contribution in [0.25, 0.3) is 0 Å². The SMILES string of the molecule is CC(C)(C)C(=O)CCc1ccc([N+](=O)[O-])c(F)c1. The van der Waals surface area contributed by atoms with Crippen LogP contribution in [0.4, 0.5) is 10.1 Å². The van der Waals surface area contributed by atoms with Crippen LogP contribution >= 0.6 is 0 Å². The topological polar surface area (TPSA) is 60.2 Å². The first-order chi connectivity index (χ1) is 8.21. The van der Waals surface area contributed by atoms with Crippen molar-refractivity contribution in [3.05, 3.63) is 39.7 Å². The molecule has 0 unspecified atom stereocenters. The maximum atomic E-state index is 13.3. The molecule has 5 heteroatoms. The molecule has 98 valence electrons. The molecule has 0 heterocycles. The van der Waals surface area contributed by atoms with Crippen molar-refractivity contribution in [1.82, 2.24) is 0 Å². The van der Waals surface area contributed by atoms with E-state index in [4.69, 9.17) is 0 Å². The van der Waals surface area contributed by atoms with Gasteiger partial charge < -0.3 is 0 Å². The minimum Gasteiger partial charge on any atom is -0.299 e. The number of nitro groups is 1. The summed E-state index contributed by atoms with van der Waals surface area (Å²) in [5, 5.41) is 10.4. The van der Waals surface area contributed by atoms with Crippen LogP contribution in [0.3, 0.4) is 0 Å². The molecule has 0 N–H and O–H groups in total. The minimum absolute atomic E-state index is 0.0845. The summed E-state index contributed by atoms with van der Waals surface area (Å²) in [4.78, 5) is 21.4. The predicted molar refractivity (Wildman–Crippen MR) is 65.8 cm³/mol. The van der Waals surface area contributed by atoms with Crippen molar-refractivity contribution in [3.8, 4) is 0 Å². The molecular weight excluding hydrogens is 237 g/mol. The van der Waals surface area contributed by atoms with Crippen LogP contribution < -0.4 is 0 Å². The fraction of sp³-hybridized carbons (Fsp3) is 0.462. The van der Waals surface area contributed by atoms with Crippen LogP contribution in [0.2, 0.25) is 0 Å². The Bertz CT molecular complexity index is 478. The summed E-state index contributed by atoms with van der Waals surface area (Å²) in [5.41, 5.74) is -0.365. The van der Waals surface area contributed by atoms with Crippen molar-refractivity contribution >= 4 is 11.5 Å². The molecule has 0 aliphatic rings. The number of carbonyl (C=O) groups excluding carboxylic acids is 1. The fourth-order valence-corrected chi connectivity index (χ4v) is 1.49. The number of nitrogens with zero attached hydrogens (tertiary/aromatic N) is 1. The van der Waals surface area contributed by atoms with E-state index in [1.807, 2.05) is 20.8 Å². The van der Waals surface area contributed by atoms with Gasteiger partial charge in [-0.1, -0.05) is 26.8 Å². The predicted octanol–water partition coefficient (Wildman–Crippen LogP) is 3.28. The van der Waals surface area contributed by atoms with Crippen LogP contribution in [-0.4, -0.2) is 10.7 Å². The van der Waals surface area contributed by atoms with Crippen LogP contribution in [0.1, 0.15) is 32.8 Å². The summed E-state index contributed by atoms with van der Waals surface area (Å²) < 4.78 is 13.3. The molecule has 0 radical (unpaired) electrons. The maximum Gasteiger partial charge on any atom is 0.304 e. The van der Waals surface area contributed by atoms with Gasteiger partial charge in [0.25, 0.3) is 0 Å². The van der Waals surface area contributed by atoms with Gasteiger partial charge in [0, 0.05) is 17.9 Å². The van der Waals surface area contributed by atoms with Gasteiger partial charge in [-0.15, -0.1) is 0 Å². The number of carbonyl (C=O) groups is 1. The van der Waals surface area contributed by atoms with Crippen LogP contribution in [0.15, 0.2) is 18.2 Å². The van der Waals surface area contributed by atoms with E-state index in [9.17, 15) is 19.3 Å². The zero-order valence-electron chi connectivity index (χ0n) is 10.7. The monoisotopic (exact) mass is 253 g/mol. The number of ketones is 1. The lowest BCUT2D eigenvalue weighted by Gasteiger charge is -2.16. The first-order valence-electron chi connectivity index (χ1n) is 5.68. The molecule has 0 spiro atoms. The smallest absolute Gasteiger partial charge is 0.299 e. The summed E-state index contributed by atoms with van der Waals surface area (Å²) in [6.45, 7) is 5.48. The number of Topliss-reactive ketones (excluding diaryl/α,β-unsaturated/α-hetero) is 1. The Morgan fingerprint density at radius 2 is 2.00 bits per heavy atom. The lowest BCUT2D eigenvalue weighted by Crippen LogP contribution is -2.20. The van der Waals surface area contributed by atoms with Gasteiger partial charge in [0.15, 0.2) is 0 Å². The molecule has 1 aromatic rings. The van der Waals surface area contributed by atoms with Gasteiger partial charge in [-0.3, -0.25) is 14.9 Å². The van der Waals surface area contributed by atoms with Gasteiger partial charge >= 0.3 is 5.69 Å². The first-order valence-corrected chi connectivity index (χ1v) is 5.68. The fourth-order valence-electron chi connectivity index (χ4n) is 1.49. The molecule has 0 fully saturated rings. The van der Waals surface area contributed by atoms with Gasteiger partial charge in [-0.05, 0) is 18.1 Å². The average molecular weight is 253 g/mol. The molecule has 0 saturated carbocycles. The third kappa shape index (κ3) is 3.61. The number of benzene rings is 1. The highest BCUT2D eigenvalue weighted by Gasteiger charge is 2.21. The Balaban J connectivity index is 2.73. The largest absolute Gasteiger partial charge is 0.304 e. The number of halogens is 1. The van der Waals surface area contributed by atoms with Crippen molar-refractivity contribution in [2.45, 2.75) is 33.6 Å². The summed E-state index contributed by atoms with van der Waals surface area (Å²) in [6, 6.07) is 3.73. The molecule has 1 aromatic carbocycles. The lowest BCUT2D eigenvalue weighted by atomic mass is 9.87. The van der Waals surface area contributed by atoms with Crippen molar-refractivity contribution in [1.29, 1.82) is 0 Å². The van der Waals surface area contributed by atoms with Crippen molar-refractivity contribution in [2.75, 3.05) is 0 Å². The van der Waals surface area contributed by atoms with Gasteiger partial charge in [-0.2, -0.15) is 4.39 Å². The highest BCUT2D eigenvalue weighted by atomic mass is 19.1. The van der Waals surface area contributed by atoms with Crippen molar-refractivity contribution < 1.29 is 14.1 Å². The van der Waals surface area contributed by atoms with E-state index in [-0.39, 0.29) is 5.78 Å². The van der Waals surface area contributed by atoms with E-state index < -0.39 is 21.8 Å². The van der Waals surface area contributed by atoms with Crippen molar-refractivity contribution in [2.24, 2.45) is 5.41 Å². The normalized spacial score (nSPS) is 11.3. The number of rotatable bonds is 4. The quantitative estimate of drug-likeness (QED) is 0.611. The Labute approximate surface area is 105 Å². The molecule has 0 aliphatic carbocycles. The van der Waals surface area contributed by atoms with Gasteiger partial charge in [0.1, 0.15) is 5.78 Å². The summed E-state index contributed by atoms with van der Waals surface area (Å²) in [5.74, 6) is -0.776. The molecule has 0 saturated heterocycles. The lowest BCUT2D eigenvalue weighted by molar-refractivity contribution is -0.387. The molecule has 0 amide bonds. The number of aryl methyl sites for hydroxylation is 1. The van der Waals surface area contributed by atoms with Crippen LogP contribution in [-0.2, 0) is 11.2 Å². The molecular formula is C13H16FNO3. The molecule has 4 nitrogen and oxygen atoms in total. The Morgan fingerprint density at radius 3 is 2.44 bits per heavy atom. The van der Waals surface area contributed by atoms with Gasteiger partial charge in [0.05, 0.1) is 4.92 Å². The molecule has 0 atom stereocenters. The summed E-state index contributed by atoms with van der Waals surface area (Å²) in [6.07, 6.45) is 0.700. The summed E-state index contributed by atoms with van der Waals surface area (Å²) in [7, 11) is 0. The minimum atomic E-state index is -0.860. The Kier molecular flexibility index (Phi) is 4.16. The zero-order chi connectivity index (χ0) is 13.9. The highest BCUT2D eigenvalue weighted by Crippen LogP contribution is 2.21. The van der Waals surface area contributed by atoms with E-state index in [1.165, 1.54) is 6.07 Å². The second-order valence-electron chi connectivity index (χ2n) is 5.22. The van der Waals surface area contributed by atoms with E-state index in [0.717, 1.165) is 12.1 Å². The number of hydrogen-bond acceptors (Lipinski definition) is 3. The maximum absolute atomic E-state index is 13.3. The zero-order valence-corrected chi connectivity index (χ0v) is 10.7. The van der Waals surface area contributed by atoms with Crippen molar-refractivity contribution in [3.63, 3.8) is 0 Å². The van der Waals surface area contributed by atoms with Gasteiger partial charge in [-0.25, -0.2) is 0 Å². The third-order valence-corrected chi connectivity index (χ3v) is 2.69. The Hall–Kier alpha value is -1.78. The standard InChI is InChI=1S/C13H16FNO3/c1-13(2,3)12(16)7-5-9-4-6-11(15(17)18)10(14)8-9/h4,6,8H,5,7H2,1-3H3. The molecule has 0 aromatic heterocycles. The second-order valence-corrected chi connectivity index (χ2v) is 5.22. The van der Waals surface area contributed by atoms with E-state index in [2.05, 4.69) is 0 Å². The van der Waals surface area contributed by atoms with E-state index in [1.54, 1.807) is 0 Å². The second kappa shape index (κ2) is 5.25. The van der Waals surface area contributed by atoms with Crippen LogP contribution in [0, 0.1) is 21.3 Å². The molecule has 0 bridgehead atoms. The number of hydrogen-bond donors (Lipinski definition) is 0. The molecule has 0 aliphatic heterocycles. The van der Waals surface area contributed by atoms with Gasteiger partial charge in [0.2, 0.25) is 5.82 Å². The first kappa shape index (κ1) is 14.3. The third-order valence-electron chi connectivity index (χ3n) is 2.69. The van der Waals surface area contributed by atoms with E-state index >= 15 is 0 Å². The average Bonchev–Trinajstić information content (AvgIpc) is 2.24. The molecule has 18 heavy (non-hydrogen) atoms. The highest BCUT2D eigenvalue weighted by molar-refractivity contribution is 5.83. The van der Waals surface area contributed by atoms with E-state index in [0.29, 0.717) is 18.4 Å². The molecule has 1 rings (SSSR count). The van der Waals surface area contributed by atoms with Crippen LogP contribution in [0.5, 0.6) is 0 Å².